The number of aliphatic imine (C=N–C) groups is 1. The Morgan fingerprint density at radius 2 is 2.35 bits per heavy atom. The first-order chi connectivity index (χ1) is 8.02. The van der Waals surface area contributed by atoms with Crippen LogP contribution in [0.4, 0.5) is 0 Å². The zero-order chi connectivity index (χ0) is 13.0. The van der Waals surface area contributed by atoms with Gasteiger partial charge in [0.2, 0.25) is 0 Å². The topological polar surface area (TPSA) is 82.7 Å². The van der Waals surface area contributed by atoms with Crippen molar-refractivity contribution < 1.29 is 14.6 Å². The van der Waals surface area contributed by atoms with Gasteiger partial charge >= 0.3 is 5.97 Å². The minimum Gasteiger partial charge on any atom is -0.510 e. The lowest BCUT2D eigenvalue weighted by atomic mass is 9.91. The van der Waals surface area contributed by atoms with E-state index >= 15 is 0 Å². The molecule has 1 atom stereocenters. The van der Waals surface area contributed by atoms with Crippen molar-refractivity contribution in [1.82, 2.24) is 0 Å². The molecule has 0 amide bonds. The molecule has 1 N–H and O–H groups in total. The Bertz CT molecular complexity index is 416. The maximum atomic E-state index is 11.8. The number of hydrogen-bond donors (Lipinski definition) is 1. The van der Waals surface area contributed by atoms with E-state index in [1.165, 1.54) is 0 Å². The van der Waals surface area contributed by atoms with Crippen LogP contribution in [0.25, 0.3) is 0 Å². The molecule has 0 aromatic heterocycles. The van der Waals surface area contributed by atoms with Gasteiger partial charge in [0.1, 0.15) is 17.3 Å². The molecule has 0 fully saturated rings. The highest BCUT2D eigenvalue weighted by Gasteiger charge is 2.32. The molecule has 1 aliphatic rings. The third kappa shape index (κ3) is 2.64. The van der Waals surface area contributed by atoms with Crippen LogP contribution in [0.1, 0.15) is 20.8 Å². The van der Waals surface area contributed by atoms with Gasteiger partial charge < -0.3 is 9.84 Å². The Hall–Kier alpha value is -1.83. The van der Waals surface area contributed by atoms with Gasteiger partial charge in [-0.15, -0.1) is 0 Å². The van der Waals surface area contributed by atoms with Gasteiger partial charge in [0.25, 0.3) is 0 Å². The number of carbonyl (C=O) groups is 1. The second kappa shape index (κ2) is 5.48. The van der Waals surface area contributed by atoms with Gasteiger partial charge in [0.15, 0.2) is 0 Å². The van der Waals surface area contributed by atoms with Crippen molar-refractivity contribution in [2.24, 2.45) is 16.8 Å². The van der Waals surface area contributed by atoms with E-state index in [0.717, 1.165) is 0 Å². The number of carbonyl (C=O) groups excluding carboxylic acids is 1. The first-order valence-corrected chi connectivity index (χ1v) is 5.57. The van der Waals surface area contributed by atoms with Crippen LogP contribution < -0.4 is 0 Å². The molecule has 1 heterocycles. The quantitative estimate of drug-likeness (QED) is 0.754. The van der Waals surface area contributed by atoms with E-state index in [1.54, 1.807) is 6.92 Å². The van der Waals surface area contributed by atoms with Crippen LogP contribution in [0.15, 0.2) is 16.3 Å². The third-order valence-corrected chi connectivity index (χ3v) is 2.47. The lowest BCUT2D eigenvalue weighted by molar-refractivity contribution is -0.138. The summed E-state index contributed by atoms with van der Waals surface area (Å²) in [6.45, 7) is 5.85. The smallest absolute Gasteiger partial charge is 0.343 e. The van der Waals surface area contributed by atoms with Crippen molar-refractivity contribution in [3.63, 3.8) is 0 Å². The molecule has 0 saturated carbocycles. The first kappa shape index (κ1) is 13.2. The van der Waals surface area contributed by atoms with E-state index in [1.807, 2.05) is 19.9 Å². The molecule has 0 aliphatic carbocycles. The van der Waals surface area contributed by atoms with E-state index in [9.17, 15) is 9.90 Å². The molecule has 0 aromatic carbocycles. The molecule has 1 rings (SSSR count). The van der Waals surface area contributed by atoms with Crippen molar-refractivity contribution in [2.45, 2.75) is 20.8 Å². The van der Waals surface area contributed by atoms with Gasteiger partial charge in [-0.3, -0.25) is 4.99 Å². The van der Waals surface area contributed by atoms with Gasteiger partial charge in [0.05, 0.1) is 24.9 Å². The van der Waals surface area contributed by atoms with Crippen LogP contribution in [-0.4, -0.2) is 29.9 Å². The first-order valence-electron chi connectivity index (χ1n) is 5.57. The van der Waals surface area contributed by atoms with E-state index in [2.05, 4.69) is 4.99 Å². The maximum Gasteiger partial charge on any atom is 0.343 e. The molecular weight excluding hydrogens is 220 g/mol. The van der Waals surface area contributed by atoms with E-state index in [0.29, 0.717) is 5.71 Å². The molecular formula is C12H16N2O3. The molecule has 0 spiro atoms. The lowest BCUT2D eigenvalue weighted by Crippen LogP contribution is -2.29. The normalized spacial score (nSPS) is 19.9. The minimum absolute atomic E-state index is 0.00352. The molecule has 1 unspecified atom stereocenters. The zero-order valence-corrected chi connectivity index (χ0v) is 10.2. The molecule has 0 radical (unpaired) electrons. The summed E-state index contributed by atoms with van der Waals surface area (Å²) in [5, 5.41) is 18.8. The molecule has 1 aliphatic heterocycles. The monoisotopic (exact) mass is 236 g/mol. The molecule has 5 nitrogen and oxygen atoms in total. The number of aliphatic hydroxyl groups is 1. The maximum absolute atomic E-state index is 11.8. The Morgan fingerprint density at radius 1 is 1.71 bits per heavy atom. The van der Waals surface area contributed by atoms with Crippen LogP contribution in [-0.2, 0) is 9.53 Å². The molecule has 0 bridgehead atoms. The van der Waals surface area contributed by atoms with Crippen molar-refractivity contribution in [3.8, 4) is 6.07 Å². The predicted octanol–water partition coefficient (Wildman–Crippen LogP) is 1.61. The fraction of sp³-hybridized carbons (Fsp3) is 0.583. The van der Waals surface area contributed by atoms with Gasteiger partial charge in [-0.1, -0.05) is 13.8 Å². The average molecular weight is 236 g/mol. The number of ether oxygens (including phenoxy) is 1. The summed E-state index contributed by atoms with van der Waals surface area (Å²) in [7, 11) is 0. The van der Waals surface area contributed by atoms with Crippen molar-refractivity contribution in [3.05, 3.63) is 11.3 Å². The summed E-state index contributed by atoms with van der Waals surface area (Å²) >= 11 is 0. The van der Waals surface area contributed by atoms with Gasteiger partial charge in [-0.05, 0) is 12.8 Å². The van der Waals surface area contributed by atoms with Crippen molar-refractivity contribution >= 4 is 11.7 Å². The molecule has 5 heteroatoms. The van der Waals surface area contributed by atoms with Crippen molar-refractivity contribution in [2.75, 3.05) is 13.2 Å². The van der Waals surface area contributed by atoms with Gasteiger partial charge in [0, 0.05) is 0 Å². The predicted molar refractivity (Wildman–Crippen MR) is 62.5 cm³/mol. The molecule has 0 saturated heterocycles. The summed E-state index contributed by atoms with van der Waals surface area (Å²) < 4.78 is 4.88. The molecule has 0 aromatic rings. The summed E-state index contributed by atoms with van der Waals surface area (Å²) in [4.78, 5) is 15.9. The number of aliphatic hydroxyl groups excluding tert-OH is 1. The van der Waals surface area contributed by atoms with E-state index in [-0.39, 0.29) is 30.4 Å². The number of nitrogens with zero attached hydrogens (tertiary/aromatic N) is 2. The van der Waals surface area contributed by atoms with Gasteiger partial charge in [-0.2, -0.15) is 5.26 Å². The van der Waals surface area contributed by atoms with Crippen LogP contribution in [0.5, 0.6) is 0 Å². The molecule has 17 heavy (non-hydrogen) atoms. The molecule has 92 valence electrons. The van der Waals surface area contributed by atoms with Gasteiger partial charge in [-0.25, -0.2) is 4.79 Å². The minimum atomic E-state index is -0.753. The Balaban J connectivity index is 3.17. The Kier molecular flexibility index (Phi) is 4.27. The summed E-state index contributed by atoms with van der Waals surface area (Å²) in [6, 6.07) is 1.92. The SMILES string of the molecule is CCOC(=O)C1=C(O)C(C#N)CN=C1C(C)C. The number of hydrogen-bond acceptors (Lipinski definition) is 5. The average Bonchev–Trinajstić information content (AvgIpc) is 2.28. The Labute approximate surface area is 100 Å². The number of esters is 1. The highest BCUT2D eigenvalue weighted by molar-refractivity contribution is 6.21. The zero-order valence-electron chi connectivity index (χ0n) is 10.2. The van der Waals surface area contributed by atoms with Crippen molar-refractivity contribution in [1.29, 1.82) is 5.26 Å². The number of rotatable bonds is 3. The summed E-state index contributed by atoms with van der Waals surface area (Å²) in [5.74, 6) is -1.59. The van der Waals surface area contributed by atoms with Crippen LogP contribution >= 0.6 is 0 Å². The summed E-state index contributed by atoms with van der Waals surface area (Å²) in [6.07, 6.45) is 0. The lowest BCUT2D eigenvalue weighted by Gasteiger charge is -2.21. The van der Waals surface area contributed by atoms with Crippen LogP contribution in [0, 0.1) is 23.2 Å². The fourth-order valence-electron chi connectivity index (χ4n) is 1.65. The highest BCUT2D eigenvalue weighted by Crippen LogP contribution is 2.24. The summed E-state index contributed by atoms with van der Waals surface area (Å²) in [5.41, 5.74) is 0.562. The third-order valence-electron chi connectivity index (χ3n) is 2.47. The van der Waals surface area contributed by atoms with Crippen LogP contribution in [0.2, 0.25) is 0 Å². The second-order valence-corrected chi connectivity index (χ2v) is 4.04. The van der Waals surface area contributed by atoms with E-state index in [4.69, 9.17) is 10.00 Å². The number of dihydropyridines is 1. The number of nitriles is 1. The standard InChI is InChI=1S/C12H16N2O3/c1-4-17-12(16)9-10(7(2)3)14-6-8(5-13)11(9)15/h7-8,15H,4,6H2,1-3H3. The Morgan fingerprint density at radius 3 is 2.82 bits per heavy atom. The highest BCUT2D eigenvalue weighted by atomic mass is 16.5. The largest absolute Gasteiger partial charge is 0.510 e. The van der Waals surface area contributed by atoms with E-state index < -0.39 is 11.9 Å². The fourth-order valence-corrected chi connectivity index (χ4v) is 1.65. The van der Waals surface area contributed by atoms with Crippen LogP contribution in [0.3, 0.4) is 0 Å². The second-order valence-electron chi connectivity index (χ2n) is 4.04.